The second-order valence-corrected chi connectivity index (χ2v) is 3.98. The van der Waals surface area contributed by atoms with Crippen LogP contribution < -0.4 is 10.6 Å². The number of carbonyl (C=O) groups excluding carboxylic acids is 2. The maximum absolute atomic E-state index is 11.3. The number of nitrogens with zero attached hydrogens (tertiary/aromatic N) is 1. The molecule has 0 heterocycles. The minimum Gasteiger partial charge on any atom is -0.354 e. The Morgan fingerprint density at radius 1 is 1.33 bits per heavy atom. The summed E-state index contributed by atoms with van der Waals surface area (Å²) in [5.41, 5.74) is 0. The molecule has 0 rings (SSSR count). The van der Waals surface area contributed by atoms with Crippen molar-refractivity contribution < 1.29 is 9.59 Å². The fourth-order valence-electron chi connectivity index (χ4n) is 0.964. The van der Waals surface area contributed by atoms with Crippen molar-refractivity contribution in [2.45, 2.75) is 13.8 Å². The van der Waals surface area contributed by atoms with E-state index in [-0.39, 0.29) is 24.9 Å². The second-order valence-electron chi connectivity index (χ2n) is 3.98. The maximum Gasteiger partial charge on any atom is 0.239 e. The SMILES string of the molecule is CNCC(=O)N(C)CC(=O)NCC(C)C. The highest BCUT2D eigenvalue weighted by Crippen LogP contribution is 1.88. The molecule has 0 aliphatic heterocycles. The molecule has 5 nitrogen and oxygen atoms in total. The molecular formula is C10H21N3O2. The van der Waals surface area contributed by atoms with Gasteiger partial charge < -0.3 is 15.5 Å². The van der Waals surface area contributed by atoms with Crippen LogP contribution in [-0.2, 0) is 9.59 Å². The Kier molecular flexibility index (Phi) is 6.70. The highest BCUT2D eigenvalue weighted by atomic mass is 16.2. The van der Waals surface area contributed by atoms with E-state index in [0.717, 1.165) is 0 Å². The average Bonchev–Trinajstić information content (AvgIpc) is 2.15. The molecule has 0 saturated carbocycles. The summed E-state index contributed by atoms with van der Waals surface area (Å²) < 4.78 is 0. The van der Waals surface area contributed by atoms with Gasteiger partial charge in [0.1, 0.15) is 0 Å². The van der Waals surface area contributed by atoms with Crippen molar-refractivity contribution in [3.63, 3.8) is 0 Å². The van der Waals surface area contributed by atoms with E-state index in [1.165, 1.54) is 4.90 Å². The van der Waals surface area contributed by atoms with Gasteiger partial charge in [0.2, 0.25) is 11.8 Å². The average molecular weight is 215 g/mol. The monoisotopic (exact) mass is 215 g/mol. The summed E-state index contributed by atoms with van der Waals surface area (Å²) >= 11 is 0. The third-order valence-corrected chi connectivity index (χ3v) is 1.84. The van der Waals surface area contributed by atoms with Crippen LogP contribution in [0.1, 0.15) is 13.8 Å². The van der Waals surface area contributed by atoms with Crippen molar-refractivity contribution in [3.8, 4) is 0 Å². The standard InChI is InChI=1S/C10H21N3O2/c1-8(2)5-12-9(14)7-13(4)10(15)6-11-3/h8,11H,5-7H2,1-4H3,(H,12,14). The minimum absolute atomic E-state index is 0.0859. The Labute approximate surface area is 91.2 Å². The van der Waals surface area contributed by atoms with Crippen molar-refractivity contribution >= 4 is 11.8 Å². The highest BCUT2D eigenvalue weighted by molar-refractivity contribution is 5.85. The molecule has 0 aromatic heterocycles. The quantitative estimate of drug-likeness (QED) is 0.624. The molecule has 2 amide bonds. The number of likely N-dealkylation sites (N-methyl/N-ethyl adjacent to an activating group) is 2. The van der Waals surface area contributed by atoms with E-state index in [9.17, 15) is 9.59 Å². The number of carbonyl (C=O) groups is 2. The topological polar surface area (TPSA) is 61.4 Å². The van der Waals surface area contributed by atoms with Crippen LogP contribution in [-0.4, -0.2) is 50.4 Å². The molecule has 0 spiro atoms. The zero-order chi connectivity index (χ0) is 11.8. The first-order valence-electron chi connectivity index (χ1n) is 5.12. The summed E-state index contributed by atoms with van der Waals surface area (Å²) in [5.74, 6) is 0.222. The van der Waals surface area contributed by atoms with E-state index in [0.29, 0.717) is 12.5 Å². The van der Waals surface area contributed by atoms with Crippen molar-refractivity contribution in [2.24, 2.45) is 5.92 Å². The molecule has 0 fully saturated rings. The van der Waals surface area contributed by atoms with Crippen molar-refractivity contribution in [1.82, 2.24) is 15.5 Å². The van der Waals surface area contributed by atoms with Gasteiger partial charge >= 0.3 is 0 Å². The van der Waals surface area contributed by atoms with Crippen LogP contribution in [0.3, 0.4) is 0 Å². The smallest absolute Gasteiger partial charge is 0.239 e. The minimum atomic E-state index is -0.115. The Balaban J connectivity index is 3.80. The molecule has 2 N–H and O–H groups in total. The van der Waals surface area contributed by atoms with E-state index < -0.39 is 0 Å². The fraction of sp³-hybridized carbons (Fsp3) is 0.800. The van der Waals surface area contributed by atoms with Crippen molar-refractivity contribution in [3.05, 3.63) is 0 Å². The van der Waals surface area contributed by atoms with Gasteiger partial charge in [0.05, 0.1) is 13.1 Å². The molecule has 0 aliphatic rings. The van der Waals surface area contributed by atoms with Gasteiger partial charge in [-0.15, -0.1) is 0 Å². The molecule has 0 saturated heterocycles. The van der Waals surface area contributed by atoms with Crippen LogP contribution in [0.4, 0.5) is 0 Å². The van der Waals surface area contributed by atoms with Crippen LogP contribution in [0.2, 0.25) is 0 Å². The highest BCUT2D eigenvalue weighted by Gasteiger charge is 2.11. The van der Waals surface area contributed by atoms with Crippen LogP contribution in [0.25, 0.3) is 0 Å². The van der Waals surface area contributed by atoms with Gasteiger partial charge in [0.15, 0.2) is 0 Å². The molecular weight excluding hydrogens is 194 g/mol. The summed E-state index contributed by atoms with van der Waals surface area (Å²) in [7, 11) is 3.32. The fourth-order valence-corrected chi connectivity index (χ4v) is 0.964. The molecule has 0 radical (unpaired) electrons. The number of amides is 2. The lowest BCUT2D eigenvalue weighted by molar-refractivity contribution is -0.134. The molecule has 0 aromatic rings. The zero-order valence-corrected chi connectivity index (χ0v) is 9.96. The first-order chi connectivity index (χ1) is 6.97. The predicted octanol–water partition coefficient (Wildman–Crippen LogP) is -0.564. The number of hydrogen-bond donors (Lipinski definition) is 2. The number of rotatable bonds is 6. The molecule has 5 heteroatoms. The largest absolute Gasteiger partial charge is 0.354 e. The van der Waals surface area contributed by atoms with Gasteiger partial charge in [0.25, 0.3) is 0 Å². The predicted molar refractivity (Wildman–Crippen MR) is 59.4 cm³/mol. The van der Waals surface area contributed by atoms with E-state index in [1.807, 2.05) is 13.8 Å². The molecule has 0 aromatic carbocycles. The second kappa shape index (κ2) is 7.23. The summed E-state index contributed by atoms with van der Waals surface area (Å²) in [4.78, 5) is 24.1. The third-order valence-electron chi connectivity index (χ3n) is 1.84. The first kappa shape index (κ1) is 13.9. The maximum atomic E-state index is 11.3. The summed E-state index contributed by atoms with van der Waals surface area (Å²) in [6.45, 7) is 5.07. The molecule has 0 bridgehead atoms. The Hall–Kier alpha value is -1.10. The number of nitrogens with one attached hydrogen (secondary N) is 2. The third kappa shape index (κ3) is 6.90. The summed E-state index contributed by atoms with van der Waals surface area (Å²) in [5, 5.41) is 5.51. The van der Waals surface area contributed by atoms with Crippen LogP contribution in [0, 0.1) is 5.92 Å². The lowest BCUT2D eigenvalue weighted by atomic mass is 10.2. The molecule has 15 heavy (non-hydrogen) atoms. The van der Waals surface area contributed by atoms with Gasteiger partial charge in [-0.05, 0) is 13.0 Å². The Bertz CT molecular complexity index is 217. The molecule has 0 unspecified atom stereocenters. The van der Waals surface area contributed by atoms with Crippen LogP contribution >= 0.6 is 0 Å². The van der Waals surface area contributed by atoms with Gasteiger partial charge in [0, 0.05) is 13.6 Å². The Morgan fingerprint density at radius 2 is 1.93 bits per heavy atom. The van der Waals surface area contributed by atoms with Gasteiger partial charge in [-0.2, -0.15) is 0 Å². The van der Waals surface area contributed by atoms with Crippen LogP contribution in [0.5, 0.6) is 0 Å². The van der Waals surface area contributed by atoms with Crippen LogP contribution in [0.15, 0.2) is 0 Å². The summed E-state index contributed by atoms with van der Waals surface area (Å²) in [6, 6.07) is 0. The van der Waals surface area contributed by atoms with E-state index >= 15 is 0 Å². The molecule has 0 aliphatic carbocycles. The zero-order valence-electron chi connectivity index (χ0n) is 9.96. The van der Waals surface area contributed by atoms with Crippen molar-refractivity contribution in [1.29, 1.82) is 0 Å². The number of hydrogen-bond acceptors (Lipinski definition) is 3. The van der Waals surface area contributed by atoms with Gasteiger partial charge in [-0.1, -0.05) is 13.8 Å². The summed E-state index contributed by atoms with van der Waals surface area (Å²) in [6.07, 6.45) is 0. The lowest BCUT2D eigenvalue weighted by Gasteiger charge is -2.17. The normalized spacial score (nSPS) is 10.2. The van der Waals surface area contributed by atoms with E-state index in [4.69, 9.17) is 0 Å². The van der Waals surface area contributed by atoms with E-state index in [1.54, 1.807) is 14.1 Å². The molecule has 0 atom stereocenters. The Morgan fingerprint density at radius 3 is 2.40 bits per heavy atom. The lowest BCUT2D eigenvalue weighted by Crippen LogP contribution is -2.42. The van der Waals surface area contributed by atoms with E-state index in [2.05, 4.69) is 10.6 Å². The molecule has 88 valence electrons. The van der Waals surface area contributed by atoms with Crippen molar-refractivity contribution in [2.75, 3.05) is 33.7 Å². The van der Waals surface area contributed by atoms with Gasteiger partial charge in [-0.3, -0.25) is 9.59 Å². The first-order valence-corrected chi connectivity index (χ1v) is 5.12. The van der Waals surface area contributed by atoms with Gasteiger partial charge in [-0.25, -0.2) is 0 Å².